The maximum absolute atomic E-state index is 13.6. The van der Waals surface area contributed by atoms with E-state index < -0.39 is 22.5 Å². The molecule has 3 rings (SSSR count). The minimum Gasteiger partial charge on any atom is -0.302 e. The number of anilines is 1. The number of carbonyl (C=O) groups is 1. The molecular formula is C15H9F2N3O3S. The minimum atomic E-state index is -0.794. The molecule has 0 radical (unpaired) electrons. The molecule has 0 unspecified atom stereocenters. The summed E-state index contributed by atoms with van der Waals surface area (Å²) in [5.74, 6) is -1.92. The number of fused-ring (bicyclic) bond motifs is 1. The number of halogens is 2. The molecule has 122 valence electrons. The van der Waals surface area contributed by atoms with Gasteiger partial charge in [-0.3, -0.25) is 14.9 Å². The number of rotatable bonds is 4. The van der Waals surface area contributed by atoms with Crippen molar-refractivity contribution < 1.29 is 18.5 Å². The number of nitrogens with zero attached hydrogens (tertiary/aromatic N) is 2. The standard InChI is InChI=1S/C15H9F2N3O3S/c16-9-6-11(17)14-12(7-9)24-15(19-14)18-13(21)5-8-1-3-10(4-2-8)20(22)23/h1-4,6-7H,5H2,(H,18,19,21). The normalized spacial score (nSPS) is 10.8. The smallest absolute Gasteiger partial charge is 0.269 e. The summed E-state index contributed by atoms with van der Waals surface area (Å²) in [6.07, 6.45) is -0.0231. The van der Waals surface area contributed by atoms with E-state index in [1.807, 2.05) is 0 Å². The fraction of sp³-hybridized carbons (Fsp3) is 0.0667. The van der Waals surface area contributed by atoms with Gasteiger partial charge in [0.2, 0.25) is 5.91 Å². The molecule has 0 spiro atoms. The number of amides is 1. The number of aromatic nitrogens is 1. The topological polar surface area (TPSA) is 85.1 Å². The van der Waals surface area contributed by atoms with Crippen LogP contribution in [0.15, 0.2) is 36.4 Å². The summed E-state index contributed by atoms with van der Waals surface area (Å²) in [7, 11) is 0. The predicted molar refractivity (Wildman–Crippen MR) is 85.0 cm³/mol. The molecule has 1 amide bonds. The molecule has 0 saturated carbocycles. The first-order chi connectivity index (χ1) is 11.4. The molecule has 1 N–H and O–H groups in total. The van der Waals surface area contributed by atoms with E-state index in [0.717, 1.165) is 23.5 Å². The number of thiazole rings is 1. The minimum absolute atomic E-state index is 0.00737. The summed E-state index contributed by atoms with van der Waals surface area (Å²) >= 11 is 0.958. The van der Waals surface area contributed by atoms with E-state index in [-0.39, 0.29) is 27.5 Å². The highest BCUT2D eigenvalue weighted by Crippen LogP contribution is 2.28. The summed E-state index contributed by atoms with van der Waals surface area (Å²) < 4.78 is 27.0. The van der Waals surface area contributed by atoms with Crippen LogP contribution in [0.3, 0.4) is 0 Å². The molecule has 1 heterocycles. The zero-order valence-corrected chi connectivity index (χ0v) is 12.8. The molecule has 24 heavy (non-hydrogen) atoms. The Morgan fingerprint density at radius 2 is 1.96 bits per heavy atom. The highest BCUT2D eigenvalue weighted by Gasteiger charge is 2.13. The van der Waals surface area contributed by atoms with Crippen molar-refractivity contribution in [2.75, 3.05) is 5.32 Å². The van der Waals surface area contributed by atoms with Gasteiger partial charge in [-0.25, -0.2) is 13.8 Å². The van der Waals surface area contributed by atoms with Crippen molar-refractivity contribution in [3.63, 3.8) is 0 Å². The van der Waals surface area contributed by atoms with Gasteiger partial charge < -0.3 is 5.32 Å². The van der Waals surface area contributed by atoms with Crippen LogP contribution < -0.4 is 5.32 Å². The number of nitrogens with one attached hydrogen (secondary N) is 1. The summed E-state index contributed by atoms with van der Waals surface area (Å²) in [5.41, 5.74) is 0.506. The van der Waals surface area contributed by atoms with Gasteiger partial charge >= 0.3 is 0 Å². The SMILES string of the molecule is O=C(Cc1ccc([N+](=O)[O-])cc1)Nc1nc2c(F)cc(F)cc2s1. The van der Waals surface area contributed by atoms with Gasteiger partial charge in [0.1, 0.15) is 11.3 Å². The fourth-order valence-corrected chi connectivity index (χ4v) is 3.02. The highest BCUT2D eigenvalue weighted by atomic mass is 32.1. The van der Waals surface area contributed by atoms with Gasteiger partial charge in [0.15, 0.2) is 10.9 Å². The lowest BCUT2D eigenvalue weighted by molar-refractivity contribution is -0.384. The van der Waals surface area contributed by atoms with E-state index in [0.29, 0.717) is 5.56 Å². The van der Waals surface area contributed by atoms with Crippen LogP contribution in [-0.2, 0) is 11.2 Å². The van der Waals surface area contributed by atoms with Crippen LogP contribution in [0.2, 0.25) is 0 Å². The van der Waals surface area contributed by atoms with Gasteiger partial charge in [0.05, 0.1) is 16.0 Å². The second kappa shape index (κ2) is 6.28. The average Bonchev–Trinajstić information content (AvgIpc) is 2.90. The number of nitro groups is 1. The third-order valence-electron chi connectivity index (χ3n) is 3.17. The second-order valence-corrected chi connectivity index (χ2v) is 5.93. The van der Waals surface area contributed by atoms with Crippen molar-refractivity contribution in [2.24, 2.45) is 0 Å². The number of nitro benzene ring substituents is 1. The van der Waals surface area contributed by atoms with Crippen LogP contribution in [0.1, 0.15) is 5.56 Å². The molecule has 0 saturated heterocycles. The Bertz CT molecular complexity index is 941. The van der Waals surface area contributed by atoms with Crippen LogP contribution in [0.4, 0.5) is 19.6 Å². The first-order valence-corrected chi connectivity index (χ1v) is 7.53. The zero-order valence-electron chi connectivity index (χ0n) is 12.0. The van der Waals surface area contributed by atoms with Crippen LogP contribution in [0.25, 0.3) is 10.2 Å². The van der Waals surface area contributed by atoms with Crippen LogP contribution in [0.5, 0.6) is 0 Å². The average molecular weight is 349 g/mol. The first-order valence-electron chi connectivity index (χ1n) is 6.71. The van der Waals surface area contributed by atoms with Gasteiger partial charge in [-0.1, -0.05) is 23.5 Å². The van der Waals surface area contributed by atoms with Gasteiger partial charge in [-0.05, 0) is 11.6 Å². The molecule has 0 atom stereocenters. The van der Waals surface area contributed by atoms with Gasteiger partial charge in [-0.15, -0.1) is 0 Å². The number of carbonyl (C=O) groups excluding carboxylic acids is 1. The largest absolute Gasteiger partial charge is 0.302 e. The first kappa shape index (κ1) is 15.9. The molecule has 2 aromatic carbocycles. The lowest BCUT2D eigenvalue weighted by Crippen LogP contribution is -2.14. The predicted octanol–water partition coefficient (Wildman–Crippen LogP) is 3.66. The lowest BCUT2D eigenvalue weighted by atomic mass is 10.1. The summed E-state index contributed by atoms with van der Waals surface area (Å²) in [6.45, 7) is 0. The molecule has 9 heteroatoms. The molecule has 0 aliphatic rings. The number of hydrogen-bond donors (Lipinski definition) is 1. The quantitative estimate of drug-likeness (QED) is 0.575. The van der Waals surface area contributed by atoms with Crippen molar-refractivity contribution in [2.45, 2.75) is 6.42 Å². The summed E-state index contributed by atoms with van der Waals surface area (Å²) in [6, 6.07) is 7.43. The summed E-state index contributed by atoms with van der Waals surface area (Å²) in [5, 5.41) is 13.2. The third kappa shape index (κ3) is 3.35. The zero-order chi connectivity index (χ0) is 17.3. The van der Waals surface area contributed by atoms with E-state index in [4.69, 9.17) is 0 Å². The van der Waals surface area contributed by atoms with E-state index in [9.17, 15) is 23.7 Å². The lowest BCUT2D eigenvalue weighted by Gasteiger charge is -2.01. The van der Waals surface area contributed by atoms with E-state index in [1.54, 1.807) is 0 Å². The molecule has 6 nitrogen and oxygen atoms in total. The van der Waals surface area contributed by atoms with Crippen LogP contribution >= 0.6 is 11.3 Å². The number of non-ortho nitro benzene ring substituents is 1. The van der Waals surface area contributed by atoms with Crippen molar-refractivity contribution >= 4 is 38.3 Å². The maximum atomic E-state index is 13.6. The summed E-state index contributed by atoms with van der Waals surface area (Å²) in [4.78, 5) is 26.0. The van der Waals surface area contributed by atoms with Gasteiger partial charge in [0, 0.05) is 18.2 Å². The van der Waals surface area contributed by atoms with E-state index >= 15 is 0 Å². The molecule has 0 aliphatic carbocycles. The second-order valence-electron chi connectivity index (χ2n) is 4.90. The van der Waals surface area contributed by atoms with Crippen molar-refractivity contribution in [3.05, 3.63) is 63.7 Å². The third-order valence-corrected chi connectivity index (χ3v) is 4.09. The van der Waals surface area contributed by atoms with Crippen LogP contribution in [0, 0.1) is 21.7 Å². The van der Waals surface area contributed by atoms with Crippen molar-refractivity contribution in [3.8, 4) is 0 Å². The Balaban J connectivity index is 1.72. The Morgan fingerprint density at radius 3 is 2.62 bits per heavy atom. The van der Waals surface area contributed by atoms with E-state index in [1.165, 1.54) is 24.3 Å². The number of hydrogen-bond acceptors (Lipinski definition) is 5. The number of benzene rings is 2. The Kier molecular flexibility index (Phi) is 4.17. The Labute approximate surface area is 137 Å². The molecule has 1 aromatic heterocycles. The molecule has 0 aliphatic heterocycles. The molecule has 0 bridgehead atoms. The monoisotopic (exact) mass is 349 g/mol. The molecule has 3 aromatic rings. The van der Waals surface area contributed by atoms with Gasteiger partial charge in [0.25, 0.3) is 5.69 Å². The van der Waals surface area contributed by atoms with Gasteiger partial charge in [-0.2, -0.15) is 0 Å². The van der Waals surface area contributed by atoms with Crippen molar-refractivity contribution in [1.82, 2.24) is 4.98 Å². The Morgan fingerprint density at radius 1 is 1.25 bits per heavy atom. The molecule has 0 fully saturated rings. The van der Waals surface area contributed by atoms with Crippen LogP contribution in [-0.4, -0.2) is 15.8 Å². The highest BCUT2D eigenvalue weighted by molar-refractivity contribution is 7.22. The fourth-order valence-electron chi connectivity index (χ4n) is 2.10. The molecular weight excluding hydrogens is 340 g/mol. The van der Waals surface area contributed by atoms with E-state index in [2.05, 4.69) is 10.3 Å². The maximum Gasteiger partial charge on any atom is 0.269 e. The Hall–Kier alpha value is -2.94. The van der Waals surface area contributed by atoms with Crippen molar-refractivity contribution in [1.29, 1.82) is 0 Å².